The molecule has 0 aromatic rings. The van der Waals surface area contributed by atoms with Crippen molar-refractivity contribution in [2.24, 2.45) is 11.5 Å². The molecule has 4 aliphatic heterocycles. The highest BCUT2D eigenvalue weighted by atomic mass is 32.3. The van der Waals surface area contributed by atoms with Crippen molar-refractivity contribution in [2.75, 3.05) is 13.2 Å². The maximum atomic E-state index is 12.3. The third-order valence-corrected chi connectivity index (χ3v) is 10.2. The molecule has 1 unspecified atom stereocenters. The molecule has 32 nitrogen and oxygen atoms in total. The summed E-state index contributed by atoms with van der Waals surface area (Å²) >= 11 is 0. The van der Waals surface area contributed by atoms with Gasteiger partial charge in [-0.1, -0.05) is 0 Å². The van der Waals surface area contributed by atoms with Gasteiger partial charge in [-0.25, -0.2) is 22.1 Å². The first-order chi connectivity index (χ1) is 27.0. The van der Waals surface area contributed by atoms with Gasteiger partial charge in [-0.15, -0.1) is 0 Å². The molecule has 16 N–H and O–H groups in total. The highest BCUT2D eigenvalue weighted by Gasteiger charge is 2.57. The fraction of sp³-hybridized carbons (Fsp3) is 0.917. The molecule has 0 amide bonds. The Hall–Kier alpha value is -2.09. The third-order valence-electron chi connectivity index (χ3n) is 8.91. The fourth-order valence-electron chi connectivity index (χ4n) is 6.08. The van der Waals surface area contributed by atoms with Crippen LogP contribution in [0.25, 0.3) is 0 Å². The van der Waals surface area contributed by atoms with Gasteiger partial charge in [0.25, 0.3) is 0 Å². The Bertz CT molecular complexity index is 1810. The zero-order chi connectivity index (χ0) is 44.7. The van der Waals surface area contributed by atoms with E-state index < -0.39 is 179 Å². The van der Waals surface area contributed by atoms with Gasteiger partial charge in [-0.3, -0.25) is 13.7 Å². The number of aliphatic hydroxyl groups is 7. The van der Waals surface area contributed by atoms with Crippen LogP contribution in [0.3, 0.4) is 0 Å². The standard InChI is InChI=1S/C24H40N2O30S3/c25-5-8(28)7(27)3(1-47-57(38,39)40)49-22(5)53-14-10(30)11(31)24(55-18(14)20(35)36)52-13-4(2-48-58(41,42)43)50-23(6(26)9(13)29)54-15-12(32)16(56-59(44,45)46)21(37)51-17(15)19(33)34/h3-18,21-24,27-32,37H,1-2,25-26H2,(H,33,34)(H,35,36)(H,38,39,40)(H,41,42,43)(H,44,45,46)/t3-,4-,5-,6-,7-,8-,9-,10-,11-,12+,13-,14+,15+,16-,17-,18+,21?,22-,23-,24-/m1/s1. The highest BCUT2D eigenvalue weighted by molar-refractivity contribution is 7.81. The van der Waals surface area contributed by atoms with E-state index in [1.807, 2.05) is 0 Å². The van der Waals surface area contributed by atoms with Crippen LogP contribution >= 0.6 is 0 Å². The number of nitrogens with two attached hydrogens (primary N) is 2. The third kappa shape index (κ3) is 12.3. The number of carbonyl (C=O) groups is 2. The number of aliphatic carboxylic acids is 2. The van der Waals surface area contributed by atoms with E-state index in [-0.39, 0.29) is 0 Å². The van der Waals surface area contributed by atoms with Gasteiger partial charge in [0, 0.05) is 0 Å². The van der Waals surface area contributed by atoms with Crippen LogP contribution in [-0.2, 0) is 86.5 Å². The van der Waals surface area contributed by atoms with Gasteiger partial charge < -0.3 is 90.6 Å². The predicted molar refractivity (Wildman–Crippen MR) is 170 cm³/mol. The Kier molecular flexibility index (Phi) is 16.1. The number of rotatable bonds is 16. The smallest absolute Gasteiger partial charge is 0.397 e. The average Bonchev–Trinajstić information content (AvgIpc) is 3.11. The van der Waals surface area contributed by atoms with E-state index in [1.54, 1.807) is 0 Å². The monoisotopic (exact) mass is 932 g/mol. The normalized spacial score (nSPS) is 43.9. The summed E-state index contributed by atoms with van der Waals surface area (Å²) in [4.78, 5) is 24.2. The van der Waals surface area contributed by atoms with Crippen LogP contribution in [-0.4, -0.2) is 233 Å². The molecule has 0 aromatic heterocycles. The van der Waals surface area contributed by atoms with Crippen molar-refractivity contribution in [2.45, 2.75) is 123 Å². The van der Waals surface area contributed by atoms with Crippen LogP contribution in [0.4, 0.5) is 0 Å². The molecule has 4 aliphatic rings. The predicted octanol–water partition coefficient (Wildman–Crippen LogP) is -10.2. The molecule has 0 saturated carbocycles. The molecular weight excluding hydrogens is 892 g/mol. The van der Waals surface area contributed by atoms with E-state index in [1.165, 1.54) is 0 Å². The minimum atomic E-state index is -5.47. The fourth-order valence-corrected chi connectivity index (χ4v) is 7.19. The SMILES string of the molecule is N[C@H]1[C@@H](O[C@H]2[C@H](O)[C@@H](O)[C@H](O[C@H]3[C@H](O)[C@@H](N)[C@@H](O[C@H]4[C@H](O)[C@@H](OS(=O)(=O)O)C(O)O[C@H]4C(=O)O)O[C@@H]3COS(=O)(=O)O)O[C@@H]2C(=O)O)O[C@H](COS(=O)(=O)O)[C@@H](O)[C@@H]1O. The van der Waals surface area contributed by atoms with Gasteiger partial charge >= 0.3 is 43.1 Å². The van der Waals surface area contributed by atoms with Crippen LogP contribution in [0.15, 0.2) is 0 Å². The summed E-state index contributed by atoms with van der Waals surface area (Å²) < 4.78 is 144. The number of hydrogen-bond donors (Lipinski definition) is 14. The van der Waals surface area contributed by atoms with Crippen molar-refractivity contribution < 1.29 is 140 Å². The lowest BCUT2D eigenvalue weighted by atomic mass is 9.94. The maximum absolute atomic E-state index is 12.3. The molecule has 35 heteroatoms. The van der Waals surface area contributed by atoms with E-state index in [9.17, 15) is 85.4 Å². The average molecular weight is 933 g/mol. The lowest BCUT2D eigenvalue weighted by molar-refractivity contribution is -0.368. The molecule has 0 radical (unpaired) electrons. The quantitative estimate of drug-likeness (QED) is 0.0639. The second kappa shape index (κ2) is 19.1. The molecule has 59 heavy (non-hydrogen) atoms. The van der Waals surface area contributed by atoms with E-state index in [0.29, 0.717) is 0 Å². The molecule has 0 aliphatic carbocycles. The maximum Gasteiger partial charge on any atom is 0.397 e. The van der Waals surface area contributed by atoms with E-state index in [0.717, 1.165) is 0 Å². The van der Waals surface area contributed by atoms with Crippen LogP contribution in [0.1, 0.15) is 0 Å². The number of ether oxygens (including phenoxy) is 7. The van der Waals surface area contributed by atoms with Gasteiger partial charge in [0.15, 0.2) is 43.5 Å². The minimum Gasteiger partial charge on any atom is -0.479 e. The van der Waals surface area contributed by atoms with Crippen molar-refractivity contribution >= 4 is 43.1 Å². The van der Waals surface area contributed by atoms with Crippen LogP contribution < -0.4 is 11.5 Å². The molecule has 20 atom stereocenters. The van der Waals surface area contributed by atoms with E-state index >= 15 is 0 Å². The van der Waals surface area contributed by atoms with Crippen molar-refractivity contribution in [3.63, 3.8) is 0 Å². The number of carboxylic acid groups (broad SMARTS) is 2. The number of aliphatic hydroxyl groups excluding tert-OH is 7. The van der Waals surface area contributed by atoms with Crippen LogP contribution in [0, 0.1) is 0 Å². The summed E-state index contributed by atoms with van der Waals surface area (Å²) in [5.41, 5.74) is 11.8. The Morgan fingerprint density at radius 2 is 0.932 bits per heavy atom. The van der Waals surface area contributed by atoms with Crippen LogP contribution in [0.5, 0.6) is 0 Å². The summed E-state index contributed by atoms with van der Waals surface area (Å²) in [5, 5.41) is 94.0. The first kappa shape index (κ1) is 49.6. The molecule has 4 heterocycles. The van der Waals surface area contributed by atoms with Crippen molar-refractivity contribution in [1.29, 1.82) is 0 Å². The molecule has 4 saturated heterocycles. The Morgan fingerprint density at radius 1 is 0.492 bits per heavy atom. The first-order valence-corrected chi connectivity index (χ1v) is 20.3. The highest BCUT2D eigenvalue weighted by Crippen LogP contribution is 2.34. The molecule has 0 spiro atoms. The van der Waals surface area contributed by atoms with E-state index in [2.05, 4.69) is 12.5 Å². The van der Waals surface area contributed by atoms with Crippen molar-refractivity contribution in [3.8, 4) is 0 Å². The first-order valence-electron chi connectivity index (χ1n) is 16.2. The molecular formula is C24H40N2O30S3. The summed E-state index contributed by atoms with van der Waals surface area (Å²) in [6.45, 7) is -2.54. The largest absolute Gasteiger partial charge is 0.479 e. The lowest BCUT2D eigenvalue weighted by Gasteiger charge is -2.49. The van der Waals surface area contributed by atoms with Crippen molar-refractivity contribution in [1.82, 2.24) is 0 Å². The van der Waals surface area contributed by atoms with Gasteiger partial charge in [0.2, 0.25) is 0 Å². The topological polar surface area (TPSA) is 524 Å². The van der Waals surface area contributed by atoms with Gasteiger partial charge in [-0.2, -0.15) is 25.3 Å². The second-order valence-corrected chi connectivity index (χ2v) is 16.2. The Morgan fingerprint density at radius 3 is 1.42 bits per heavy atom. The summed E-state index contributed by atoms with van der Waals surface area (Å²) in [7, 11) is -16.0. The van der Waals surface area contributed by atoms with Crippen LogP contribution in [0.2, 0.25) is 0 Å². The van der Waals surface area contributed by atoms with Crippen molar-refractivity contribution in [3.05, 3.63) is 0 Å². The molecule has 4 rings (SSSR count). The second-order valence-electron chi connectivity index (χ2n) is 12.9. The zero-order valence-corrected chi connectivity index (χ0v) is 31.5. The van der Waals surface area contributed by atoms with Gasteiger partial charge in [-0.05, 0) is 0 Å². The summed E-state index contributed by atoms with van der Waals surface area (Å²) in [5.74, 6) is -3.96. The van der Waals surface area contributed by atoms with E-state index in [4.69, 9.17) is 53.7 Å². The zero-order valence-electron chi connectivity index (χ0n) is 29.1. The molecule has 0 aromatic carbocycles. The summed E-state index contributed by atoms with van der Waals surface area (Å²) in [6, 6.07) is -3.83. The molecule has 0 bridgehead atoms. The van der Waals surface area contributed by atoms with Gasteiger partial charge in [0.05, 0.1) is 25.3 Å². The lowest BCUT2D eigenvalue weighted by Crippen LogP contribution is -2.69. The number of carboxylic acids is 2. The molecule has 4 fully saturated rings. The Labute approximate surface area is 330 Å². The Balaban J connectivity index is 1.57. The molecule has 344 valence electrons. The summed E-state index contributed by atoms with van der Waals surface area (Å²) in [6.07, 6.45) is -41.0. The minimum absolute atomic E-state index is 1.15. The number of hydrogen-bond acceptors (Lipinski definition) is 27. The van der Waals surface area contributed by atoms with Gasteiger partial charge in [0.1, 0.15) is 67.1 Å².